The maximum Gasteiger partial charge on any atom is 0.243 e. The minimum absolute atomic E-state index is 0.126. The van der Waals surface area contributed by atoms with Crippen LogP contribution in [0.1, 0.15) is 18.4 Å². The van der Waals surface area contributed by atoms with Crippen molar-refractivity contribution in [1.29, 1.82) is 0 Å². The van der Waals surface area contributed by atoms with Crippen LogP contribution >= 0.6 is 11.6 Å². The van der Waals surface area contributed by atoms with Crippen molar-refractivity contribution in [2.45, 2.75) is 25.9 Å². The second kappa shape index (κ2) is 8.43. The molecule has 3 rings (SSSR count). The molecule has 0 aliphatic carbocycles. The number of piperidine rings is 1. The average molecular weight is 374 g/mol. The molecule has 2 aromatic rings. The Labute approximate surface area is 159 Å². The summed E-state index contributed by atoms with van der Waals surface area (Å²) in [5, 5.41) is 16.4. The average Bonchev–Trinajstić information content (AvgIpc) is 2.65. The molecule has 1 aliphatic rings. The Hall–Kier alpha value is -2.24. The molecule has 0 bridgehead atoms. The fraction of sp³-hybridized carbons (Fsp3) is 0.350. The number of benzene rings is 2. The minimum atomic E-state index is -0.210. The first-order chi connectivity index (χ1) is 12.5. The van der Waals surface area contributed by atoms with Crippen LogP contribution in [0.5, 0.6) is 0 Å². The number of rotatable bonds is 5. The van der Waals surface area contributed by atoms with E-state index in [9.17, 15) is 9.90 Å². The van der Waals surface area contributed by atoms with E-state index in [4.69, 9.17) is 11.6 Å². The molecule has 0 aromatic heterocycles. The van der Waals surface area contributed by atoms with Crippen LogP contribution in [0.25, 0.3) is 0 Å². The van der Waals surface area contributed by atoms with Crippen LogP contribution in [-0.2, 0) is 4.79 Å². The molecule has 0 radical (unpaired) electrons. The number of hydrogen-bond donors (Lipinski definition) is 3. The molecule has 1 saturated heterocycles. The SMILES string of the molecule is Cc1c(Cl)cccc1NC(=O)CNc1ccccc1N1CCC(O)CC1. The quantitative estimate of drug-likeness (QED) is 0.748. The maximum atomic E-state index is 12.3. The first kappa shape index (κ1) is 18.5. The van der Waals surface area contributed by atoms with Crippen LogP contribution in [0.15, 0.2) is 42.5 Å². The zero-order valence-corrected chi connectivity index (χ0v) is 15.6. The number of aliphatic hydroxyl groups excluding tert-OH is 1. The van der Waals surface area contributed by atoms with Gasteiger partial charge in [0.2, 0.25) is 5.91 Å². The van der Waals surface area contributed by atoms with Crippen molar-refractivity contribution < 1.29 is 9.90 Å². The van der Waals surface area contributed by atoms with Crippen molar-refractivity contribution in [3.05, 3.63) is 53.1 Å². The standard InChI is InChI=1S/C20H24ClN3O2/c1-14-16(21)5-4-7-17(14)23-20(26)13-22-18-6-2-3-8-19(18)24-11-9-15(25)10-12-24/h2-8,15,22,25H,9-13H2,1H3,(H,23,26). The van der Waals surface area contributed by atoms with Crippen molar-refractivity contribution in [1.82, 2.24) is 0 Å². The van der Waals surface area contributed by atoms with E-state index >= 15 is 0 Å². The first-order valence-electron chi connectivity index (χ1n) is 8.85. The summed E-state index contributed by atoms with van der Waals surface area (Å²) in [5.41, 5.74) is 3.56. The fourth-order valence-corrected chi connectivity index (χ4v) is 3.29. The Morgan fingerprint density at radius 1 is 1.15 bits per heavy atom. The Morgan fingerprint density at radius 2 is 1.85 bits per heavy atom. The lowest BCUT2D eigenvalue weighted by Gasteiger charge is -2.32. The van der Waals surface area contributed by atoms with Gasteiger partial charge in [0.25, 0.3) is 0 Å². The number of halogens is 1. The van der Waals surface area contributed by atoms with Gasteiger partial charge in [-0.2, -0.15) is 0 Å². The maximum absolute atomic E-state index is 12.3. The Morgan fingerprint density at radius 3 is 2.62 bits per heavy atom. The number of para-hydroxylation sites is 2. The van der Waals surface area contributed by atoms with E-state index in [0.717, 1.165) is 48.6 Å². The summed E-state index contributed by atoms with van der Waals surface area (Å²) in [6, 6.07) is 13.4. The Kier molecular flexibility index (Phi) is 6.01. The topological polar surface area (TPSA) is 64.6 Å². The van der Waals surface area contributed by atoms with E-state index in [2.05, 4.69) is 15.5 Å². The highest BCUT2D eigenvalue weighted by Gasteiger charge is 2.19. The summed E-state index contributed by atoms with van der Waals surface area (Å²) >= 11 is 6.10. The monoisotopic (exact) mass is 373 g/mol. The minimum Gasteiger partial charge on any atom is -0.393 e. The molecule has 1 amide bonds. The highest BCUT2D eigenvalue weighted by molar-refractivity contribution is 6.31. The van der Waals surface area contributed by atoms with Gasteiger partial charge in [-0.25, -0.2) is 0 Å². The molecule has 0 unspecified atom stereocenters. The number of carbonyl (C=O) groups is 1. The zero-order valence-electron chi connectivity index (χ0n) is 14.8. The van der Waals surface area contributed by atoms with Crippen LogP contribution in [0.4, 0.5) is 17.1 Å². The lowest BCUT2D eigenvalue weighted by atomic mass is 10.1. The van der Waals surface area contributed by atoms with Crippen molar-refractivity contribution in [3.8, 4) is 0 Å². The molecule has 26 heavy (non-hydrogen) atoms. The Bertz CT molecular complexity index is 773. The normalized spacial score (nSPS) is 15.0. The third kappa shape index (κ3) is 4.48. The Balaban J connectivity index is 1.63. The van der Waals surface area contributed by atoms with Gasteiger partial charge >= 0.3 is 0 Å². The van der Waals surface area contributed by atoms with Gasteiger partial charge < -0.3 is 20.6 Å². The number of nitrogens with one attached hydrogen (secondary N) is 2. The molecule has 1 aliphatic heterocycles. The third-order valence-electron chi connectivity index (χ3n) is 4.69. The summed E-state index contributed by atoms with van der Waals surface area (Å²) in [5.74, 6) is -0.126. The second-order valence-corrected chi connectivity index (χ2v) is 6.96. The molecule has 1 heterocycles. The number of hydrogen-bond acceptors (Lipinski definition) is 4. The van der Waals surface area contributed by atoms with E-state index in [1.807, 2.05) is 43.3 Å². The molecular formula is C20H24ClN3O2. The predicted octanol–water partition coefficient (Wildman–Crippen LogP) is 3.66. The van der Waals surface area contributed by atoms with Crippen LogP contribution < -0.4 is 15.5 Å². The molecule has 1 fully saturated rings. The number of amides is 1. The summed E-state index contributed by atoms with van der Waals surface area (Å²) in [4.78, 5) is 14.6. The van der Waals surface area contributed by atoms with Crippen LogP contribution in [0, 0.1) is 6.92 Å². The van der Waals surface area contributed by atoms with Gasteiger partial charge in [0.1, 0.15) is 0 Å². The van der Waals surface area contributed by atoms with Crippen LogP contribution in [0.2, 0.25) is 5.02 Å². The van der Waals surface area contributed by atoms with Gasteiger partial charge in [0.05, 0.1) is 24.0 Å². The van der Waals surface area contributed by atoms with Crippen molar-refractivity contribution in [2.75, 3.05) is 35.2 Å². The van der Waals surface area contributed by atoms with E-state index in [1.165, 1.54) is 0 Å². The number of nitrogens with zero attached hydrogens (tertiary/aromatic N) is 1. The molecule has 0 spiro atoms. The molecule has 2 aromatic carbocycles. The summed E-state index contributed by atoms with van der Waals surface area (Å²) in [7, 11) is 0. The molecule has 3 N–H and O–H groups in total. The number of carbonyl (C=O) groups excluding carboxylic acids is 1. The summed E-state index contributed by atoms with van der Waals surface area (Å²) in [6.07, 6.45) is 1.32. The molecule has 0 atom stereocenters. The zero-order chi connectivity index (χ0) is 18.5. The van der Waals surface area contributed by atoms with E-state index in [0.29, 0.717) is 5.02 Å². The lowest BCUT2D eigenvalue weighted by molar-refractivity contribution is -0.114. The smallest absolute Gasteiger partial charge is 0.243 e. The molecule has 0 saturated carbocycles. The predicted molar refractivity (Wildman–Crippen MR) is 107 cm³/mol. The summed E-state index contributed by atoms with van der Waals surface area (Å²) in [6.45, 7) is 3.67. The first-order valence-corrected chi connectivity index (χ1v) is 9.23. The van der Waals surface area contributed by atoms with Gasteiger partial charge in [-0.1, -0.05) is 29.8 Å². The van der Waals surface area contributed by atoms with E-state index in [1.54, 1.807) is 6.07 Å². The second-order valence-electron chi connectivity index (χ2n) is 6.55. The van der Waals surface area contributed by atoms with Crippen molar-refractivity contribution in [3.63, 3.8) is 0 Å². The number of anilines is 3. The molecule has 138 valence electrons. The van der Waals surface area contributed by atoms with Crippen molar-refractivity contribution >= 4 is 34.6 Å². The highest BCUT2D eigenvalue weighted by Crippen LogP contribution is 2.28. The molecular weight excluding hydrogens is 350 g/mol. The number of aliphatic hydroxyl groups is 1. The van der Waals surface area contributed by atoms with Gasteiger partial charge in [0.15, 0.2) is 0 Å². The van der Waals surface area contributed by atoms with Crippen LogP contribution in [-0.4, -0.2) is 36.8 Å². The largest absolute Gasteiger partial charge is 0.393 e. The van der Waals surface area contributed by atoms with Gasteiger partial charge in [-0.15, -0.1) is 0 Å². The fourth-order valence-electron chi connectivity index (χ4n) is 3.12. The van der Waals surface area contributed by atoms with E-state index < -0.39 is 0 Å². The van der Waals surface area contributed by atoms with Gasteiger partial charge in [-0.3, -0.25) is 4.79 Å². The lowest BCUT2D eigenvalue weighted by Crippen LogP contribution is -2.36. The highest BCUT2D eigenvalue weighted by atomic mass is 35.5. The van der Waals surface area contributed by atoms with Gasteiger partial charge in [0, 0.05) is 23.8 Å². The van der Waals surface area contributed by atoms with E-state index in [-0.39, 0.29) is 18.6 Å². The van der Waals surface area contributed by atoms with Crippen molar-refractivity contribution in [2.24, 2.45) is 0 Å². The van der Waals surface area contributed by atoms with Gasteiger partial charge in [-0.05, 0) is 49.6 Å². The third-order valence-corrected chi connectivity index (χ3v) is 5.10. The molecule has 5 nitrogen and oxygen atoms in total. The summed E-state index contributed by atoms with van der Waals surface area (Å²) < 4.78 is 0. The molecule has 6 heteroatoms. The van der Waals surface area contributed by atoms with Crippen LogP contribution in [0.3, 0.4) is 0 Å².